The van der Waals surface area contributed by atoms with E-state index >= 15 is 0 Å². The van der Waals surface area contributed by atoms with Gasteiger partial charge in [0.05, 0.1) is 11.9 Å². The van der Waals surface area contributed by atoms with Gasteiger partial charge in [0, 0.05) is 12.7 Å². The normalized spacial score (nSPS) is 14.2. The van der Waals surface area contributed by atoms with E-state index in [4.69, 9.17) is 5.11 Å². The van der Waals surface area contributed by atoms with E-state index in [2.05, 4.69) is 5.10 Å². The molecule has 0 unspecified atom stereocenters. The number of sulfonamides is 1. The Morgan fingerprint density at radius 1 is 1.33 bits per heavy atom. The van der Waals surface area contributed by atoms with Crippen molar-refractivity contribution in [3.63, 3.8) is 0 Å². The smallest absolute Gasteiger partial charge is 0.325 e. The highest BCUT2D eigenvalue weighted by molar-refractivity contribution is 7.92. The van der Waals surface area contributed by atoms with Gasteiger partial charge in [-0.05, 0) is 18.1 Å². The third-order valence-electron chi connectivity index (χ3n) is 3.34. The molecule has 1 aromatic heterocycles. The maximum Gasteiger partial charge on any atom is 0.325 e. The highest BCUT2D eigenvalue weighted by Crippen LogP contribution is 2.32. The zero-order valence-electron chi connectivity index (χ0n) is 11.0. The van der Waals surface area contributed by atoms with Crippen molar-refractivity contribution in [1.82, 2.24) is 9.78 Å². The minimum atomic E-state index is -3.71. The van der Waals surface area contributed by atoms with Gasteiger partial charge in [-0.3, -0.25) is 13.8 Å². The Labute approximate surface area is 121 Å². The lowest BCUT2D eigenvalue weighted by atomic mass is 10.2. The molecular weight excluding hydrogens is 294 g/mol. The number of carboxylic acids is 1. The standard InChI is InChI=1S/C13H13N3O4S/c17-13(18)9-15-8-11(7-14-15)21(19,20)16-6-5-10-3-1-2-4-12(10)16/h1-4,7-8H,5-6,9H2,(H,17,18). The summed E-state index contributed by atoms with van der Waals surface area (Å²) in [5, 5.41) is 12.5. The Hall–Kier alpha value is -2.35. The molecule has 3 rings (SSSR count). The number of fused-ring (bicyclic) bond motifs is 1. The van der Waals surface area contributed by atoms with Crippen LogP contribution in [-0.4, -0.2) is 35.8 Å². The molecule has 0 bridgehead atoms. The highest BCUT2D eigenvalue weighted by Gasteiger charge is 2.31. The molecule has 1 aliphatic heterocycles. The van der Waals surface area contributed by atoms with Gasteiger partial charge in [-0.2, -0.15) is 5.10 Å². The Kier molecular flexibility index (Phi) is 3.17. The summed E-state index contributed by atoms with van der Waals surface area (Å²) in [6.07, 6.45) is 3.09. The predicted molar refractivity (Wildman–Crippen MR) is 74.5 cm³/mol. The molecule has 1 aliphatic rings. The monoisotopic (exact) mass is 307 g/mol. The summed E-state index contributed by atoms with van der Waals surface area (Å²) in [4.78, 5) is 10.6. The minimum Gasteiger partial charge on any atom is -0.480 e. The number of hydrogen-bond acceptors (Lipinski definition) is 4. The van der Waals surface area contributed by atoms with Gasteiger partial charge >= 0.3 is 5.97 Å². The van der Waals surface area contributed by atoms with Gasteiger partial charge in [0.25, 0.3) is 10.0 Å². The van der Waals surface area contributed by atoms with E-state index < -0.39 is 16.0 Å². The molecule has 0 fully saturated rings. The number of benzene rings is 1. The number of aliphatic carboxylic acids is 1. The summed E-state index contributed by atoms with van der Waals surface area (Å²) in [5.74, 6) is -1.08. The van der Waals surface area contributed by atoms with Crippen LogP contribution in [-0.2, 0) is 27.8 Å². The van der Waals surface area contributed by atoms with E-state index in [1.165, 1.54) is 16.7 Å². The first-order valence-electron chi connectivity index (χ1n) is 6.33. The molecule has 0 saturated carbocycles. The van der Waals surface area contributed by atoms with E-state index in [-0.39, 0.29) is 11.4 Å². The molecule has 2 aromatic rings. The molecule has 0 aliphatic carbocycles. The molecule has 0 spiro atoms. The molecular formula is C13H13N3O4S. The first kappa shape index (κ1) is 13.6. The zero-order chi connectivity index (χ0) is 15.0. The number of carboxylic acid groups (broad SMARTS) is 1. The largest absolute Gasteiger partial charge is 0.480 e. The first-order valence-corrected chi connectivity index (χ1v) is 7.77. The van der Waals surface area contributed by atoms with Crippen LogP contribution in [0.2, 0.25) is 0 Å². The van der Waals surface area contributed by atoms with Crippen LogP contribution >= 0.6 is 0 Å². The average molecular weight is 307 g/mol. The average Bonchev–Trinajstić information content (AvgIpc) is 3.04. The molecule has 8 heteroatoms. The van der Waals surface area contributed by atoms with Crippen molar-refractivity contribution >= 4 is 21.7 Å². The van der Waals surface area contributed by atoms with Gasteiger partial charge in [0.1, 0.15) is 11.4 Å². The lowest BCUT2D eigenvalue weighted by molar-refractivity contribution is -0.137. The van der Waals surface area contributed by atoms with Gasteiger partial charge in [-0.25, -0.2) is 8.42 Å². The second-order valence-corrected chi connectivity index (χ2v) is 6.59. The summed E-state index contributed by atoms with van der Waals surface area (Å²) in [7, 11) is -3.71. The summed E-state index contributed by atoms with van der Waals surface area (Å²) in [5.41, 5.74) is 1.66. The first-order chi connectivity index (χ1) is 9.98. The third kappa shape index (κ3) is 2.38. The Bertz CT molecular complexity index is 797. The van der Waals surface area contributed by atoms with E-state index in [1.807, 2.05) is 12.1 Å². The summed E-state index contributed by atoms with van der Waals surface area (Å²) in [6, 6.07) is 7.33. The van der Waals surface area contributed by atoms with Crippen molar-refractivity contribution < 1.29 is 18.3 Å². The number of nitrogens with zero attached hydrogens (tertiary/aromatic N) is 3. The zero-order valence-corrected chi connectivity index (χ0v) is 11.8. The van der Waals surface area contributed by atoms with Gasteiger partial charge in [0.2, 0.25) is 0 Å². The fourth-order valence-electron chi connectivity index (χ4n) is 2.39. The Morgan fingerprint density at radius 2 is 2.10 bits per heavy atom. The number of anilines is 1. The Balaban J connectivity index is 1.95. The van der Waals surface area contributed by atoms with Crippen LogP contribution in [0, 0.1) is 0 Å². The summed E-state index contributed by atoms with van der Waals surface area (Å²) < 4.78 is 27.7. The van der Waals surface area contributed by atoms with Crippen molar-refractivity contribution in [3.8, 4) is 0 Å². The van der Waals surface area contributed by atoms with Crippen molar-refractivity contribution in [2.24, 2.45) is 0 Å². The van der Waals surface area contributed by atoms with Crippen molar-refractivity contribution in [2.75, 3.05) is 10.8 Å². The molecule has 0 amide bonds. The lowest BCUT2D eigenvalue weighted by Crippen LogP contribution is -2.28. The predicted octanol–water partition coefficient (Wildman–Crippen LogP) is 0.719. The highest BCUT2D eigenvalue weighted by atomic mass is 32.2. The molecule has 0 atom stereocenters. The second-order valence-electron chi connectivity index (χ2n) is 4.72. The summed E-state index contributed by atoms with van der Waals surface area (Å²) in [6.45, 7) is 0.0118. The maximum absolute atomic E-state index is 12.6. The van der Waals surface area contributed by atoms with Gasteiger partial charge in [-0.1, -0.05) is 18.2 Å². The molecule has 0 radical (unpaired) electrons. The van der Waals surface area contributed by atoms with Crippen molar-refractivity contribution in [2.45, 2.75) is 17.9 Å². The van der Waals surface area contributed by atoms with Crippen LogP contribution in [0.3, 0.4) is 0 Å². The fourth-order valence-corrected chi connectivity index (χ4v) is 3.85. The van der Waals surface area contributed by atoms with E-state index in [0.717, 1.165) is 10.2 Å². The van der Waals surface area contributed by atoms with Crippen molar-refractivity contribution in [1.29, 1.82) is 0 Å². The molecule has 110 valence electrons. The van der Waals surface area contributed by atoms with E-state index in [0.29, 0.717) is 18.7 Å². The number of hydrogen-bond donors (Lipinski definition) is 1. The van der Waals surface area contributed by atoms with Crippen molar-refractivity contribution in [3.05, 3.63) is 42.2 Å². The molecule has 21 heavy (non-hydrogen) atoms. The van der Waals surface area contributed by atoms with Gasteiger partial charge in [0.15, 0.2) is 0 Å². The molecule has 1 N–H and O–H groups in total. The lowest BCUT2D eigenvalue weighted by Gasteiger charge is -2.18. The SMILES string of the molecule is O=C(O)Cn1cc(S(=O)(=O)N2CCc3ccccc32)cn1. The fraction of sp³-hybridized carbons (Fsp3) is 0.231. The molecule has 1 aromatic carbocycles. The quantitative estimate of drug-likeness (QED) is 0.898. The van der Waals surface area contributed by atoms with Crippen LogP contribution in [0.4, 0.5) is 5.69 Å². The number of rotatable bonds is 4. The number of aromatic nitrogens is 2. The van der Waals surface area contributed by atoms with Crippen LogP contribution < -0.4 is 4.31 Å². The van der Waals surface area contributed by atoms with Crippen LogP contribution in [0.5, 0.6) is 0 Å². The Morgan fingerprint density at radius 3 is 2.86 bits per heavy atom. The maximum atomic E-state index is 12.6. The van der Waals surface area contributed by atoms with Crippen LogP contribution in [0.15, 0.2) is 41.6 Å². The topological polar surface area (TPSA) is 92.5 Å². The summed E-state index contributed by atoms with van der Waals surface area (Å²) >= 11 is 0. The van der Waals surface area contributed by atoms with Crippen LogP contribution in [0.25, 0.3) is 0 Å². The van der Waals surface area contributed by atoms with E-state index in [9.17, 15) is 13.2 Å². The van der Waals surface area contributed by atoms with Gasteiger partial charge in [-0.15, -0.1) is 0 Å². The molecule has 7 nitrogen and oxygen atoms in total. The third-order valence-corrected chi connectivity index (χ3v) is 5.11. The minimum absolute atomic E-state index is 0.000420. The number of carbonyl (C=O) groups is 1. The van der Waals surface area contributed by atoms with E-state index in [1.54, 1.807) is 12.1 Å². The molecule has 0 saturated heterocycles. The number of para-hydroxylation sites is 1. The molecule has 2 heterocycles. The van der Waals surface area contributed by atoms with Crippen LogP contribution in [0.1, 0.15) is 5.56 Å². The van der Waals surface area contributed by atoms with Gasteiger partial charge < -0.3 is 5.11 Å². The second kappa shape index (κ2) is 4.88.